The van der Waals surface area contributed by atoms with Crippen LogP contribution < -0.4 is 14.8 Å². The Labute approximate surface area is 188 Å². The van der Waals surface area contributed by atoms with Crippen LogP contribution in [0.2, 0.25) is 5.02 Å². The van der Waals surface area contributed by atoms with Gasteiger partial charge in [0.05, 0.1) is 31.0 Å². The first-order chi connectivity index (χ1) is 14.4. The van der Waals surface area contributed by atoms with E-state index in [-0.39, 0.29) is 6.04 Å². The molecular formula is C24H29ClN2O2S. The number of rotatable bonds is 8. The van der Waals surface area contributed by atoms with Crippen molar-refractivity contribution in [2.75, 3.05) is 19.5 Å². The van der Waals surface area contributed by atoms with Crippen LogP contribution in [0, 0.1) is 20.8 Å². The number of aromatic nitrogens is 1. The van der Waals surface area contributed by atoms with Crippen LogP contribution in [0.5, 0.6) is 11.5 Å². The van der Waals surface area contributed by atoms with Gasteiger partial charge in [-0.05, 0) is 68.1 Å². The molecule has 30 heavy (non-hydrogen) atoms. The molecule has 1 N–H and O–H groups in total. The van der Waals surface area contributed by atoms with Gasteiger partial charge in [0.1, 0.15) is 11.5 Å². The predicted molar refractivity (Wildman–Crippen MR) is 128 cm³/mol. The molecule has 0 saturated carbocycles. The molecule has 3 rings (SSSR count). The highest BCUT2D eigenvalue weighted by atomic mass is 35.5. The van der Waals surface area contributed by atoms with E-state index in [0.29, 0.717) is 5.02 Å². The van der Waals surface area contributed by atoms with E-state index in [2.05, 4.69) is 38.2 Å². The monoisotopic (exact) mass is 444 g/mol. The summed E-state index contributed by atoms with van der Waals surface area (Å²) in [5.74, 6) is 1.66. The van der Waals surface area contributed by atoms with Crippen LogP contribution in [0.25, 0.3) is 11.3 Å². The van der Waals surface area contributed by atoms with E-state index in [9.17, 15) is 0 Å². The van der Waals surface area contributed by atoms with Crippen molar-refractivity contribution in [1.82, 2.24) is 4.98 Å². The molecule has 0 aliphatic rings. The minimum absolute atomic E-state index is 0.187. The first-order valence-corrected chi connectivity index (χ1v) is 11.3. The van der Waals surface area contributed by atoms with Gasteiger partial charge < -0.3 is 14.8 Å². The fourth-order valence-electron chi connectivity index (χ4n) is 3.68. The van der Waals surface area contributed by atoms with Gasteiger partial charge in [-0.2, -0.15) is 0 Å². The van der Waals surface area contributed by atoms with Gasteiger partial charge in [-0.25, -0.2) is 4.98 Å². The lowest BCUT2D eigenvalue weighted by molar-refractivity contribution is 0.412. The number of aryl methyl sites for hydroxylation is 3. The number of methoxy groups -OCH3 is 2. The van der Waals surface area contributed by atoms with Crippen LogP contribution in [-0.4, -0.2) is 19.2 Å². The normalized spacial score (nSPS) is 12.0. The van der Waals surface area contributed by atoms with E-state index in [4.69, 9.17) is 26.1 Å². The van der Waals surface area contributed by atoms with Gasteiger partial charge in [-0.15, -0.1) is 11.3 Å². The summed E-state index contributed by atoms with van der Waals surface area (Å²) in [6.07, 6.45) is 2.09. The summed E-state index contributed by atoms with van der Waals surface area (Å²) in [5, 5.41) is 5.21. The van der Waals surface area contributed by atoms with Crippen LogP contribution in [-0.2, 0) is 0 Å². The van der Waals surface area contributed by atoms with E-state index in [0.717, 1.165) is 51.2 Å². The minimum Gasteiger partial charge on any atom is -0.497 e. The zero-order chi connectivity index (χ0) is 21.8. The van der Waals surface area contributed by atoms with Crippen molar-refractivity contribution in [1.29, 1.82) is 0 Å². The van der Waals surface area contributed by atoms with Crippen molar-refractivity contribution in [3.8, 4) is 22.8 Å². The van der Waals surface area contributed by atoms with Crippen molar-refractivity contribution >= 4 is 28.1 Å². The van der Waals surface area contributed by atoms with Gasteiger partial charge in [0.2, 0.25) is 0 Å². The van der Waals surface area contributed by atoms with E-state index in [1.165, 1.54) is 11.1 Å². The molecule has 0 aliphatic heterocycles. The van der Waals surface area contributed by atoms with Gasteiger partial charge in [0, 0.05) is 10.4 Å². The highest BCUT2D eigenvalue weighted by Crippen LogP contribution is 2.39. The summed E-state index contributed by atoms with van der Waals surface area (Å²) in [7, 11) is 3.35. The van der Waals surface area contributed by atoms with Gasteiger partial charge in [-0.3, -0.25) is 0 Å². The smallest absolute Gasteiger partial charge is 0.183 e. The van der Waals surface area contributed by atoms with Gasteiger partial charge >= 0.3 is 0 Å². The van der Waals surface area contributed by atoms with E-state index >= 15 is 0 Å². The number of thiazole rings is 1. The molecule has 6 heteroatoms. The number of hydrogen-bond donors (Lipinski definition) is 1. The number of hydrogen-bond acceptors (Lipinski definition) is 5. The zero-order valence-corrected chi connectivity index (χ0v) is 20.0. The molecule has 1 atom stereocenters. The second kappa shape index (κ2) is 9.71. The van der Waals surface area contributed by atoms with Crippen molar-refractivity contribution in [2.45, 2.75) is 46.6 Å². The highest BCUT2D eigenvalue weighted by Gasteiger charge is 2.19. The molecule has 0 fully saturated rings. The van der Waals surface area contributed by atoms with Crippen molar-refractivity contribution in [3.05, 3.63) is 56.9 Å². The van der Waals surface area contributed by atoms with Gasteiger partial charge in [-0.1, -0.05) is 31.0 Å². The molecule has 1 unspecified atom stereocenters. The maximum atomic E-state index is 6.55. The topological polar surface area (TPSA) is 43.4 Å². The average Bonchev–Trinajstić information content (AvgIpc) is 3.08. The molecular weight excluding hydrogens is 416 g/mol. The minimum atomic E-state index is 0.187. The third-order valence-corrected chi connectivity index (χ3v) is 6.48. The van der Waals surface area contributed by atoms with Crippen molar-refractivity contribution in [2.24, 2.45) is 0 Å². The number of nitrogens with zero attached hydrogens (tertiary/aromatic N) is 1. The average molecular weight is 445 g/mol. The maximum absolute atomic E-state index is 6.55. The summed E-state index contributed by atoms with van der Waals surface area (Å²) in [4.78, 5) is 6.04. The number of anilines is 1. The Morgan fingerprint density at radius 1 is 1.07 bits per heavy atom. The van der Waals surface area contributed by atoms with E-state index in [1.807, 2.05) is 25.1 Å². The first-order valence-electron chi connectivity index (χ1n) is 10.1. The summed E-state index contributed by atoms with van der Waals surface area (Å²) in [6.45, 7) is 8.43. The Bertz CT molecular complexity index is 1030. The second-order valence-corrected chi connectivity index (χ2v) is 9.04. The third kappa shape index (κ3) is 4.73. The molecule has 2 aromatic carbocycles. The Kier molecular flexibility index (Phi) is 7.27. The van der Waals surface area contributed by atoms with Crippen LogP contribution >= 0.6 is 22.9 Å². The Morgan fingerprint density at radius 2 is 1.83 bits per heavy atom. The lowest BCUT2D eigenvalue weighted by atomic mass is 9.97. The number of ether oxygens (including phenoxy) is 2. The number of halogens is 1. The SMILES string of the molecule is CCCC(Nc1nc(-c2cc(C)c(OC)cc2Cl)c(C)s1)c1ccc(OC)cc1C. The molecule has 0 amide bonds. The molecule has 0 aliphatic carbocycles. The first kappa shape index (κ1) is 22.4. The molecule has 0 spiro atoms. The van der Waals surface area contributed by atoms with Crippen molar-refractivity contribution in [3.63, 3.8) is 0 Å². The van der Waals surface area contributed by atoms with Gasteiger partial charge in [0.15, 0.2) is 5.13 Å². The summed E-state index contributed by atoms with van der Waals surface area (Å²) in [5.41, 5.74) is 5.37. The van der Waals surface area contributed by atoms with Gasteiger partial charge in [0.25, 0.3) is 0 Å². The second-order valence-electron chi connectivity index (χ2n) is 7.43. The lowest BCUT2D eigenvalue weighted by Gasteiger charge is -2.20. The van der Waals surface area contributed by atoms with Crippen LogP contribution in [0.4, 0.5) is 5.13 Å². The lowest BCUT2D eigenvalue weighted by Crippen LogP contribution is -2.12. The number of benzene rings is 2. The molecule has 1 heterocycles. The zero-order valence-electron chi connectivity index (χ0n) is 18.4. The molecule has 4 nitrogen and oxygen atoms in total. The number of nitrogens with one attached hydrogen (secondary N) is 1. The summed E-state index contributed by atoms with van der Waals surface area (Å²) in [6, 6.07) is 10.3. The Hall–Kier alpha value is -2.24. The highest BCUT2D eigenvalue weighted by molar-refractivity contribution is 7.16. The largest absolute Gasteiger partial charge is 0.497 e. The van der Waals surface area contributed by atoms with Crippen LogP contribution in [0.15, 0.2) is 30.3 Å². The summed E-state index contributed by atoms with van der Waals surface area (Å²) < 4.78 is 10.7. The third-order valence-electron chi connectivity index (χ3n) is 5.26. The molecule has 0 saturated heterocycles. The molecule has 0 bridgehead atoms. The summed E-state index contributed by atoms with van der Waals surface area (Å²) >= 11 is 8.21. The molecule has 3 aromatic rings. The fraction of sp³-hybridized carbons (Fsp3) is 0.375. The van der Waals surface area contributed by atoms with E-state index in [1.54, 1.807) is 25.6 Å². The van der Waals surface area contributed by atoms with Crippen molar-refractivity contribution < 1.29 is 9.47 Å². The van der Waals surface area contributed by atoms with Crippen LogP contribution in [0.3, 0.4) is 0 Å². The molecule has 160 valence electrons. The quantitative estimate of drug-likeness (QED) is 0.394. The maximum Gasteiger partial charge on any atom is 0.183 e. The molecule has 0 radical (unpaired) electrons. The van der Waals surface area contributed by atoms with Crippen LogP contribution in [0.1, 0.15) is 47.4 Å². The van der Waals surface area contributed by atoms with E-state index < -0.39 is 0 Å². The Morgan fingerprint density at radius 3 is 2.47 bits per heavy atom. The standard InChI is InChI=1S/C24H29ClN2O2S/c1-7-8-21(18-10-9-17(28-5)11-14(18)2)26-24-27-23(16(4)30-24)19-12-15(3)22(29-6)13-20(19)25/h9-13,21H,7-8H2,1-6H3,(H,26,27). The predicted octanol–water partition coefficient (Wildman–Crippen LogP) is 7.36. The Balaban J connectivity index is 1.93. The fourth-order valence-corrected chi connectivity index (χ4v) is 4.81. The molecule has 1 aromatic heterocycles.